The van der Waals surface area contributed by atoms with Gasteiger partial charge in [-0.1, -0.05) is 41.6 Å². The number of benzene rings is 3. The number of nitrogens with zero attached hydrogens (tertiary/aromatic N) is 3. The van der Waals surface area contributed by atoms with Gasteiger partial charge in [0.25, 0.3) is 0 Å². The summed E-state index contributed by atoms with van der Waals surface area (Å²) < 4.78 is 26.5. The molecule has 1 N–H and O–H groups in total. The largest absolute Gasteiger partial charge is 0.481 e. The van der Waals surface area contributed by atoms with Crippen molar-refractivity contribution < 1.29 is 13.5 Å². The van der Waals surface area contributed by atoms with Gasteiger partial charge in [-0.25, -0.2) is 9.37 Å². The quantitative estimate of drug-likeness (QED) is 0.261. The zero-order chi connectivity index (χ0) is 25.7. The molecular formula is C29H20ClFN4O2. The molecule has 0 saturated heterocycles. The Morgan fingerprint density at radius 1 is 0.973 bits per heavy atom. The molecule has 1 aliphatic rings. The highest BCUT2D eigenvalue weighted by Crippen LogP contribution is 2.45. The Morgan fingerprint density at radius 3 is 2.59 bits per heavy atom. The van der Waals surface area contributed by atoms with E-state index in [1.807, 2.05) is 56.3 Å². The number of halogens is 2. The van der Waals surface area contributed by atoms with Crippen LogP contribution in [-0.4, -0.2) is 20.2 Å². The molecule has 8 heteroatoms. The number of aromatic amines is 1. The number of rotatable bonds is 2. The van der Waals surface area contributed by atoms with Gasteiger partial charge >= 0.3 is 0 Å². The van der Waals surface area contributed by atoms with Crippen molar-refractivity contribution in [3.8, 4) is 51.7 Å². The third-order valence-corrected chi connectivity index (χ3v) is 6.45. The highest BCUT2D eigenvalue weighted by Gasteiger charge is 2.36. The average Bonchev–Trinajstić information content (AvgIpc) is 3.50. The highest BCUT2D eigenvalue weighted by atomic mass is 35.5. The lowest BCUT2D eigenvalue weighted by Crippen LogP contribution is -2.29. The Hall–Kier alpha value is -4.41. The molecule has 2 aromatic heterocycles. The minimum absolute atomic E-state index is 0.230. The molecule has 1 aliphatic heterocycles. The molecule has 3 aromatic carbocycles. The van der Waals surface area contributed by atoms with Crippen LogP contribution in [0.3, 0.4) is 0 Å². The maximum absolute atomic E-state index is 14.6. The van der Waals surface area contributed by atoms with Crippen LogP contribution in [0.25, 0.3) is 34.1 Å². The summed E-state index contributed by atoms with van der Waals surface area (Å²) >= 11 is 6.30. The van der Waals surface area contributed by atoms with Gasteiger partial charge in [0.2, 0.25) is 11.8 Å². The maximum Gasteiger partial charge on any atom is 0.248 e. The zero-order valence-corrected chi connectivity index (χ0v) is 20.9. The van der Waals surface area contributed by atoms with E-state index in [9.17, 15) is 4.39 Å². The second-order valence-electron chi connectivity index (χ2n) is 9.15. The Labute approximate surface area is 217 Å². The SMILES string of the molecule is Cc1nnc(-c2ccccc2C#Cc2ccc3c(c2)OC(C)(C)c2[nH]c(-c4c(F)cccc4Cl)nc2-3)o1. The van der Waals surface area contributed by atoms with Crippen molar-refractivity contribution in [1.29, 1.82) is 0 Å². The normalized spacial score (nSPS) is 13.2. The first-order valence-electron chi connectivity index (χ1n) is 11.6. The third-order valence-electron chi connectivity index (χ3n) is 6.13. The third kappa shape index (κ3) is 4.05. The fourth-order valence-electron chi connectivity index (χ4n) is 4.38. The molecule has 0 aliphatic carbocycles. The minimum Gasteiger partial charge on any atom is -0.481 e. The predicted octanol–water partition coefficient (Wildman–Crippen LogP) is 6.92. The van der Waals surface area contributed by atoms with Gasteiger partial charge in [-0.05, 0) is 56.3 Å². The second kappa shape index (κ2) is 8.61. The molecular weight excluding hydrogens is 491 g/mol. The lowest BCUT2D eigenvalue weighted by atomic mass is 9.94. The smallest absolute Gasteiger partial charge is 0.248 e. The van der Waals surface area contributed by atoms with E-state index >= 15 is 0 Å². The van der Waals surface area contributed by atoms with E-state index in [4.69, 9.17) is 25.7 Å². The van der Waals surface area contributed by atoms with Crippen LogP contribution in [0, 0.1) is 24.6 Å². The molecule has 0 bridgehead atoms. The number of nitrogens with one attached hydrogen (secondary N) is 1. The lowest BCUT2D eigenvalue weighted by Gasteiger charge is -2.31. The standard InChI is InChI=1S/C29H20ClFN4O2/c1-16-34-35-28(36-16)19-8-5-4-7-18(19)13-11-17-12-14-20-23(15-17)37-29(2,3)26-25(20)32-27(33-26)24-21(30)9-6-10-22(24)31/h4-10,12,14-15H,1-3H3,(H,32,33). The van der Waals surface area contributed by atoms with E-state index < -0.39 is 11.4 Å². The van der Waals surface area contributed by atoms with Crippen LogP contribution in [0.1, 0.15) is 36.6 Å². The average molecular weight is 511 g/mol. The summed E-state index contributed by atoms with van der Waals surface area (Å²) in [5.74, 6) is 7.89. The van der Waals surface area contributed by atoms with E-state index in [0.717, 1.165) is 27.9 Å². The van der Waals surface area contributed by atoms with Crippen LogP contribution in [0.5, 0.6) is 5.75 Å². The van der Waals surface area contributed by atoms with Crippen LogP contribution in [-0.2, 0) is 5.60 Å². The van der Waals surface area contributed by atoms with Crippen LogP contribution in [0.15, 0.2) is 65.1 Å². The summed E-state index contributed by atoms with van der Waals surface area (Å²) in [6, 6.07) is 17.9. The molecule has 6 nitrogen and oxygen atoms in total. The maximum atomic E-state index is 14.6. The van der Waals surface area contributed by atoms with Gasteiger partial charge in [0.05, 0.1) is 27.5 Å². The van der Waals surface area contributed by atoms with Crippen molar-refractivity contribution >= 4 is 11.6 Å². The number of H-pyrrole nitrogens is 1. The number of fused-ring (bicyclic) bond motifs is 3. The molecule has 3 heterocycles. The number of aromatic nitrogens is 4. The van der Waals surface area contributed by atoms with Crippen molar-refractivity contribution in [3.05, 3.63) is 94.2 Å². The van der Waals surface area contributed by atoms with Gasteiger partial charge < -0.3 is 14.1 Å². The summed E-state index contributed by atoms with van der Waals surface area (Å²) in [5.41, 5.74) is 4.03. The van der Waals surface area contributed by atoms with Gasteiger partial charge in [0.15, 0.2) is 0 Å². The van der Waals surface area contributed by atoms with Crippen molar-refractivity contribution in [2.24, 2.45) is 0 Å². The van der Waals surface area contributed by atoms with Crippen molar-refractivity contribution in [2.75, 3.05) is 0 Å². The molecule has 37 heavy (non-hydrogen) atoms. The summed E-state index contributed by atoms with van der Waals surface area (Å²) in [7, 11) is 0. The highest BCUT2D eigenvalue weighted by molar-refractivity contribution is 6.33. The summed E-state index contributed by atoms with van der Waals surface area (Å²) in [5, 5.41) is 8.31. The summed E-state index contributed by atoms with van der Waals surface area (Å²) in [6.45, 7) is 5.61. The first-order valence-corrected chi connectivity index (χ1v) is 12.0. The van der Waals surface area contributed by atoms with E-state index in [-0.39, 0.29) is 10.6 Å². The van der Waals surface area contributed by atoms with E-state index in [1.165, 1.54) is 6.07 Å². The molecule has 0 spiro atoms. The molecule has 6 rings (SSSR count). The first kappa shape index (κ1) is 23.0. The van der Waals surface area contributed by atoms with Gasteiger partial charge in [0, 0.05) is 23.6 Å². The lowest BCUT2D eigenvalue weighted by molar-refractivity contribution is 0.101. The number of ether oxygens (including phenoxy) is 1. The van der Waals surface area contributed by atoms with Crippen molar-refractivity contribution in [3.63, 3.8) is 0 Å². The van der Waals surface area contributed by atoms with Gasteiger partial charge in [-0.15, -0.1) is 10.2 Å². The Bertz CT molecular complexity index is 1720. The van der Waals surface area contributed by atoms with Gasteiger partial charge in [-0.2, -0.15) is 0 Å². The number of aryl methyl sites for hydroxylation is 1. The first-order chi connectivity index (χ1) is 17.8. The molecule has 0 unspecified atom stereocenters. The molecule has 5 aromatic rings. The molecule has 182 valence electrons. The Kier molecular flexibility index (Phi) is 5.36. The Balaban J connectivity index is 1.40. The molecule has 0 atom stereocenters. The number of hydrogen-bond donors (Lipinski definition) is 1. The molecule has 0 saturated carbocycles. The molecule has 0 amide bonds. The molecule has 0 radical (unpaired) electrons. The number of hydrogen-bond acceptors (Lipinski definition) is 5. The van der Waals surface area contributed by atoms with Crippen LogP contribution >= 0.6 is 11.6 Å². The predicted molar refractivity (Wildman–Crippen MR) is 139 cm³/mol. The van der Waals surface area contributed by atoms with Crippen LogP contribution in [0.4, 0.5) is 4.39 Å². The summed E-state index contributed by atoms with van der Waals surface area (Å²) in [6.07, 6.45) is 0. The monoisotopic (exact) mass is 510 g/mol. The van der Waals surface area contributed by atoms with E-state index in [0.29, 0.717) is 29.0 Å². The van der Waals surface area contributed by atoms with E-state index in [2.05, 4.69) is 27.0 Å². The van der Waals surface area contributed by atoms with Crippen molar-refractivity contribution in [2.45, 2.75) is 26.4 Å². The van der Waals surface area contributed by atoms with Crippen LogP contribution < -0.4 is 4.74 Å². The fraction of sp³-hybridized carbons (Fsp3) is 0.138. The van der Waals surface area contributed by atoms with Gasteiger partial charge in [-0.3, -0.25) is 0 Å². The van der Waals surface area contributed by atoms with Crippen LogP contribution in [0.2, 0.25) is 5.02 Å². The van der Waals surface area contributed by atoms with Crippen molar-refractivity contribution in [1.82, 2.24) is 20.2 Å². The minimum atomic E-state index is -0.736. The fourth-order valence-corrected chi connectivity index (χ4v) is 4.63. The Morgan fingerprint density at radius 2 is 1.81 bits per heavy atom. The second-order valence-corrected chi connectivity index (χ2v) is 9.56. The topological polar surface area (TPSA) is 76.8 Å². The molecule has 0 fully saturated rings. The number of imidazole rings is 1. The summed E-state index contributed by atoms with van der Waals surface area (Å²) in [4.78, 5) is 7.97. The zero-order valence-electron chi connectivity index (χ0n) is 20.2. The van der Waals surface area contributed by atoms with Gasteiger partial charge in [0.1, 0.15) is 23.0 Å². The van der Waals surface area contributed by atoms with E-state index in [1.54, 1.807) is 19.1 Å².